The van der Waals surface area contributed by atoms with Crippen LogP contribution in [0.15, 0.2) is 27.0 Å². The average molecular weight is 468 g/mol. The number of aromatic amines is 1. The van der Waals surface area contributed by atoms with Crippen molar-refractivity contribution in [1.29, 1.82) is 0 Å². The summed E-state index contributed by atoms with van der Waals surface area (Å²) in [5.41, 5.74) is -0.942. The van der Waals surface area contributed by atoms with Crippen LogP contribution in [-0.4, -0.2) is 33.9 Å². The lowest BCUT2D eigenvalue weighted by Crippen LogP contribution is -2.31. The zero-order chi connectivity index (χ0) is 24.2. The fourth-order valence-electron chi connectivity index (χ4n) is 4.07. The van der Waals surface area contributed by atoms with Gasteiger partial charge in [-0.05, 0) is 19.3 Å². The molecule has 1 aromatic rings. The number of hydrogen-bond donors (Lipinski definition) is 2. The predicted octanol–water partition coefficient (Wildman–Crippen LogP) is 5.44. The molecule has 2 atom stereocenters. The maximum absolute atomic E-state index is 11.4. The lowest BCUT2D eigenvalue weighted by Gasteiger charge is -2.13. The van der Waals surface area contributed by atoms with E-state index in [9.17, 15) is 14.5 Å². The van der Waals surface area contributed by atoms with Crippen LogP contribution in [0.2, 0.25) is 0 Å². The first kappa shape index (κ1) is 29.2. The van der Waals surface area contributed by atoms with E-state index in [0.717, 1.165) is 6.42 Å². The zero-order valence-corrected chi connectivity index (χ0v) is 20.5. The molecule has 2 N–H and O–H groups in total. The first-order valence-electron chi connectivity index (χ1n) is 13.0. The van der Waals surface area contributed by atoms with E-state index in [4.69, 9.17) is 9.84 Å². The van der Waals surface area contributed by atoms with Crippen LogP contribution < -0.4 is 11.2 Å². The predicted molar refractivity (Wildman–Crippen MR) is 133 cm³/mol. The molecule has 0 bridgehead atoms. The largest absolute Gasteiger partial charge is 0.396 e. The van der Waals surface area contributed by atoms with Crippen LogP contribution in [0.25, 0.3) is 0 Å². The summed E-state index contributed by atoms with van der Waals surface area (Å²) in [6.45, 7) is 2.74. The zero-order valence-electron chi connectivity index (χ0n) is 20.5. The Labute approximate surface area is 198 Å². The number of hydrogen-bond acceptors (Lipinski definition) is 6. The Hall–Kier alpha value is -1.80. The van der Waals surface area contributed by atoms with Gasteiger partial charge in [0.05, 0.1) is 6.10 Å². The minimum atomic E-state index is -0.503. The Kier molecular flexibility index (Phi) is 17.4. The van der Waals surface area contributed by atoms with Crippen molar-refractivity contribution in [1.82, 2.24) is 9.55 Å². The van der Waals surface area contributed by atoms with Crippen LogP contribution in [-0.2, 0) is 4.74 Å². The third kappa shape index (κ3) is 14.1. The van der Waals surface area contributed by atoms with E-state index >= 15 is 0 Å². The van der Waals surface area contributed by atoms with E-state index in [0.29, 0.717) is 19.4 Å². The van der Waals surface area contributed by atoms with Crippen LogP contribution in [0.1, 0.15) is 116 Å². The summed E-state index contributed by atoms with van der Waals surface area (Å²) in [5, 5.41) is 11.4. The maximum atomic E-state index is 11.4. The molecule has 0 radical (unpaired) electrons. The molecule has 0 saturated carbocycles. The number of nitroso groups, excluding NO2 is 1. The molecule has 8 heteroatoms. The molecule has 0 amide bonds. The first-order chi connectivity index (χ1) is 16.1. The lowest BCUT2D eigenvalue weighted by molar-refractivity contribution is 0.00369. The first-order valence-corrected chi connectivity index (χ1v) is 13.0. The molecule has 2 unspecified atom stereocenters. The van der Waals surface area contributed by atoms with Crippen LogP contribution in [0.4, 0.5) is 0 Å². The normalized spacial score (nSPS) is 17.5. The Morgan fingerprint density at radius 1 is 0.939 bits per heavy atom. The summed E-state index contributed by atoms with van der Waals surface area (Å²) in [7, 11) is 0. The number of nitrogens with zero attached hydrogens (tertiary/aromatic N) is 2. The number of unbranched alkanes of at least 4 members (excludes halogenated alkanes) is 13. The van der Waals surface area contributed by atoms with Gasteiger partial charge in [0, 0.05) is 18.9 Å². The van der Waals surface area contributed by atoms with Gasteiger partial charge in [-0.3, -0.25) is 14.3 Å². The molecule has 2 heterocycles. The molecule has 1 saturated heterocycles. The number of aliphatic hydroxyl groups excluding tert-OH is 1. The molecular formula is C25H45N3O5. The molecule has 0 aromatic carbocycles. The Balaban J connectivity index is 0.000000330. The van der Waals surface area contributed by atoms with Gasteiger partial charge in [0.1, 0.15) is 12.8 Å². The summed E-state index contributed by atoms with van der Waals surface area (Å²) < 4.78 is 6.77. The van der Waals surface area contributed by atoms with E-state index < -0.39 is 17.5 Å². The molecule has 1 aliphatic rings. The third-order valence-corrected chi connectivity index (χ3v) is 6.04. The summed E-state index contributed by atoms with van der Waals surface area (Å²) in [4.78, 5) is 34.5. The van der Waals surface area contributed by atoms with Crippen molar-refractivity contribution >= 4 is 0 Å². The molecule has 1 aliphatic heterocycles. The van der Waals surface area contributed by atoms with Gasteiger partial charge in [-0.1, -0.05) is 95.6 Å². The standard InChI is InChI=1S/C16H34O.C9H11N3O4/c1-2-3-4-5-6-7-8-9-10-11-12-13-14-15-16-17;13-7-3-4-12(9(14)11-7)8-2-1-6(16-8)5-10-15/h17H,2-16H2,1H3;3-4,6,8H,1-2,5H2,(H,11,13,14). The maximum Gasteiger partial charge on any atom is 0.330 e. The molecule has 2 rings (SSSR count). The van der Waals surface area contributed by atoms with Crippen molar-refractivity contribution < 1.29 is 9.84 Å². The second-order valence-corrected chi connectivity index (χ2v) is 8.94. The topological polar surface area (TPSA) is 114 Å². The highest BCUT2D eigenvalue weighted by Crippen LogP contribution is 2.26. The van der Waals surface area contributed by atoms with Crippen LogP contribution in [0.3, 0.4) is 0 Å². The number of H-pyrrole nitrogens is 1. The molecule has 0 spiro atoms. The second kappa shape index (κ2) is 19.6. The van der Waals surface area contributed by atoms with Gasteiger partial charge in [0.2, 0.25) is 0 Å². The number of ether oxygens (including phenoxy) is 1. The number of rotatable bonds is 17. The smallest absolute Gasteiger partial charge is 0.330 e. The second-order valence-electron chi connectivity index (χ2n) is 8.94. The van der Waals surface area contributed by atoms with E-state index in [1.165, 1.54) is 100 Å². The molecule has 8 nitrogen and oxygen atoms in total. The highest BCUT2D eigenvalue weighted by Gasteiger charge is 2.27. The average Bonchev–Trinajstić information content (AvgIpc) is 3.26. The monoisotopic (exact) mass is 467 g/mol. The van der Waals surface area contributed by atoms with Gasteiger partial charge in [-0.2, -0.15) is 4.91 Å². The number of aliphatic hydroxyl groups is 1. The van der Waals surface area contributed by atoms with E-state index in [-0.39, 0.29) is 12.6 Å². The van der Waals surface area contributed by atoms with Crippen molar-refractivity contribution in [3.8, 4) is 0 Å². The fraction of sp³-hybridized carbons (Fsp3) is 0.840. The molecule has 33 heavy (non-hydrogen) atoms. The van der Waals surface area contributed by atoms with Gasteiger partial charge >= 0.3 is 5.69 Å². The summed E-state index contributed by atoms with van der Waals surface area (Å²) in [5.74, 6) is 0. The van der Waals surface area contributed by atoms with E-state index in [2.05, 4.69) is 17.1 Å². The minimum absolute atomic E-state index is 0.0919. The van der Waals surface area contributed by atoms with Crippen molar-refractivity contribution in [2.24, 2.45) is 5.18 Å². The lowest BCUT2D eigenvalue weighted by atomic mass is 10.0. The van der Waals surface area contributed by atoms with Crippen molar-refractivity contribution in [2.75, 3.05) is 13.2 Å². The molecule has 190 valence electrons. The Morgan fingerprint density at radius 2 is 1.48 bits per heavy atom. The van der Waals surface area contributed by atoms with Crippen molar-refractivity contribution in [3.63, 3.8) is 0 Å². The van der Waals surface area contributed by atoms with E-state index in [1.807, 2.05) is 0 Å². The quantitative estimate of drug-likeness (QED) is 0.234. The van der Waals surface area contributed by atoms with Gasteiger partial charge in [0.15, 0.2) is 0 Å². The van der Waals surface area contributed by atoms with Crippen molar-refractivity contribution in [2.45, 2.75) is 122 Å². The highest BCUT2D eigenvalue weighted by molar-refractivity contribution is 4.86. The highest BCUT2D eigenvalue weighted by atomic mass is 16.5. The van der Waals surface area contributed by atoms with Crippen LogP contribution in [0, 0.1) is 4.91 Å². The van der Waals surface area contributed by atoms with Gasteiger partial charge in [-0.15, -0.1) is 0 Å². The minimum Gasteiger partial charge on any atom is -0.396 e. The Morgan fingerprint density at radius 3 is 1.97 bits per heavy atom. The van der Waals surface area contributed by atoms with Crippen molar-refractivity contribution in [3.05, 3.63) is 38.0 Å². The summed E-state index contributed by atoms with van der Waals surface area (Å²) >= 11 is 0. The SMILES string of the molecule is CCCCCCCCCCCCCCCCO.O=NCC1CCC(n2ccc(=O)[nH]c2=O)O1. The molecular weight excluding hydrogens is 422 g/mol. The molecule has 0 aliphatic carbocycles. The third-order valence-electron chi connectivity index (χ3n) is 6.04. The van der Waals surface area contributed by atoms with Gasteiger partial charge < -0.3 is 9.84 Å². The number of nitrogens with one attached hydrogen (secondary N) is 1. The molecule has 1 aromatic heterocycles. The fourth-order valence-corrected chi connectivity index (χ4v) is 4.07. The summed E-state index contributed by atoms with van der Waals surface area (Å²) in [6, 6.07) is 1.26. The Bertz CT molecular complexity index is 704. The summed E-state index contributed by atoms with van der Waals surface area (Å²) in [6.07, 6.45) is 21.3. The molecule has 1 fully saturated rings. The van der Waals surface area contributed by atoms with Gasteiger partial charge in [0.25, 0.3) is 5.56 Å². The van der Waals surface area contributed by atoms with Crippen LogP contribution >= 0.6 is 0 Å². The van der Waals surface area contributed by atoms with E-state index in [1.54, 1.807) is 0 Å². The van der Waals surface area contributed by atoms with Crippen LogP contribution in [0.5, 0.6) is 0 Å². The van der Waals surface area contributed by atoms with Gasteiger partial charge in [-0.25, -0.2) is 4.79 Å². The number of aromatic nitrogens is 2.